The Bertz CT molecular complexity index is 336. The number of hydrogen-bond donors (Lipinski definition) is 0. The SMILES string of the molecule is C=CC(=O)OC1CC2CC1CC2COC(C)=O. The Balaban J connectivity index is 1.81. The number of fused-ring (bicyclic) bond motifs is 2. The molecule has 0 saturated heterocycles. The zero-order valence-electron chi connectivity index (χ0n) is 10.1. The van der Waals surface area contributed by atoms with Gasteiger partial charge in [-0.05, 0) is 37.0 Å². The van der Waals surface area contributed by atoms with Crippen molar-refractivity contribution in [2.45, 2.75) is 32.3 Å². The van der Waals surface area contributed by atoms with Crippen molar-refractivity contribution in [1.29, 1.82) is 0 Å². The molecule has 2 bridgehead atoms. The second-order valence-corrected chi connectivity index (χ2v) is 4.97. The molecular formula is C13H18O4. The van der Waals surface area contributed by atoms with Gasteiger partial charge in [0.15, 0.2) is 0 Å². The number of esters is 2. The van der Waals surface area contributed by atoms with Crippen molar-refractivity contribution in [1.82, 2.24) is 0 Å². The predicted molar refractivity (Wildman–Crippen MR) is 61.0 cm³/mol. The van der Waals surface area contributed by atoms with E-state index in [-0.39, 0.29) is 18.0 Å². The number of hydrogen-bond acceptors (Lipinski definition) is 4. The summed E-state index contributed by atoms with van der Waals surface area (Å²) in [6.07, 6.45) is 4.23. The molecule has 2 aliphatic rings. The zero-order valence-corrected chi connectivity index (χ0v) is 10.1. The van der Waals surface area contributed by atoms with Gasteiger partial charge in [0.05, 0.1) is 6.61 Å². The lowest BCUT2D eigenvalue weighted by Crippen LogP contribution is -2.28. The van der Waals surface area contributed by atoms with Crippen molar-refractivity contribution < 1.29 is 19.1 Å². The molecule has 4 atom stereocenters. The first-order valence-electron chi connectivity index (χ1n) is 6.06. The van der Waals surface area contributed by atoms with Gasteiger partial charge in [0.2, 0.25) is 0 Å². The Labute approximate surface area is 101 Å². The van der Waals surface area contributed by atoms with Crippen LogP contribution in [0.25, 0.3) is 0 Å². The third-order valence-corrected chi connectivity index (χ3v) is 3.87. The molecule has 4 unspecified atom stereocenters. The van der Waals surface area contributed by atoms with Crippen LogP contribution in [0, 0.1) is 17.8 Å². The maximum atomic E-state index is 11.1. The van der Waals surface area contributed by atoms with E-state index in [1.165, 1.54) is 13.0 Å². The monoisotopic (exact) mass is 238 g/mol. The van der Waals surface area contributed by atoms with E-state index in [4.69, 9.17) is 9.47 Å². The van der Waals surface area contributed by atoms with Gasteiger partial charge in [0, 0.05) is 13.0 Å². The summed E-state index contributed by atoms with van der Waals surface area (Å²) in [6.45, 7) is 5.34. The molecule has 0 aliphatic heterocycles. The minimum atomic E-state index is -0.334. The molecule has 0 amide bonds. The molecule has 17 heavy (non-hydrogen) atoms. The minimum absolute atomic E-state index is 0.0408. The van der Waals surface area contributed by atoms with E-state index in [0.29, 0.717) is 24.4 Å². The van der Waals surface area contributed by atoms with E-state index in [0.717, 1.165) is 19.3 Å². The number of ether oxygens (including phenoxy) is 2. The standard InChI is InChI=1S/C13H18O4/c1-3-13(15)17-12-6-9-4-10(12)5-11(9)7-16-8(2)14/h3,9-12H,1,4-7H2,2H3. The highest BCUT2D eigenvalue weighted by Crippen LogP contribution is 2.49. The molecule has 94 valence electrons. The Kier molecular flexibility index (Phi) is 3.50. The Morgan fingerprint density at radius 3 is 2.59 bits per heavy atom. The van der Waals surface area contributed by atoms with Gasteiger partial charge in [-0.3, -0.25) is 4.79 Å². The van der Waals surface area contributed by atoms with Crippen molar-refractivity contribution in [3.63, 3.8) is 0 Å². The summed E-state index contributed by atoms with van der Waals surface area (Å²) < 4.78 is 10.4. The smallest absolute Gasteiger partial charge is 0.330 e. The third-order valence-electron chi connectivity index (χ3n) is 3.87. The second kappa shape index (κ2) is 4.90. The summed E-state index contributed by atoms with van der Waals surface area (Å²) in [5.41, 5.74) is 0. The second-order valence-electron chi connectivity index (χ2n) is 4.97. The molecule has 0 spiro atoms. The van der Waals surface area contributed by atoms with Gasteiger partial charge in [-0.2, -0.15) is 0 Å². The summed E-state index contributed by atoms with van der Waals surface area (Å²) in [5, 5.41) is 0. The summed E-state index contributed by atoms with van der Waals surface area (Å²) in [6, 6.07) is 0. The molecule has 2 saturated carbocycles. The molecule has 2 aliphatic carbocycles. The first-order chi connectivity index (χ1) is 8.10. The molecular weight excluding hydrogens is 220 g/mol. The average molecular weight is 238 g/mol. The van der Waals surface area contributed by atoms with Crippen molar-refractivity contribution in [3.8, 4) is 0 Å². The first-order valence-corrected chi connectivity index (χ1v) is 6.06. The van der Waals surface area contributed by atoms with Crippen LogP contribution >= 0.6 is 0 Å². The lowest BCUT2D eigenvalue weighted by molar-refractivity contribution is -0.146. The van der Waals surface area contributed by atoms with Gasteiger partial charge >= 0.3 is 11.9 Å². The molecule has 0 N–H and O–H groups in total. The third kappa shape index (κ3) is 2.68. The number of carbonyl (C=O) groups excluding carboxylic acids is 2. The summed E-state index contributed by atoms with van der Waals surface area (Å²) in [7, 11) is 0. The van der Waals surface area contributed by atoms with Crippen molar-refractivity contribution >= 4 is 11.9 Å². The van der Waals surface area contributed by atoms with Crippen LogP contribution in [0.1, 0.15) is 26.2 Å². The van der Waals surface area contributed by atoms with Crippen LogP contribution in [0.4, 0.5) is 0 Å². The van der Waals surface area contributed by atoms with Gasteiger partial charge in [-0.15, -0.1) is 0 Å². The van der Waals surface area contributed by atoms with E-state index >= 15 is 0 Å². The highest BCUT2D eigenvalue weighted by atomic mass is 16.5. The van der Waals surface area contributed by atoms with Crippen LogP contribution in [0.15, 0.2) is 12.7 Å². The van der Waals surface area contributed by atoms with Gasteiger partial charge in [0.1, 0.15) is 6.10 Å². The fraction of sp³-hybridized carbons (Fsp3) is 0.692. The van der Waals surface area contributed by atoms with Gasteiger partial charge in [-0.1, -0.05) is 6.58 Å². The van der Waals surface area contributed by atoms with E-state index in [9.17, 15) is 9.59 Å². The van der Waals surface area contributed by atoms with Crippen LogP contribution in [0.3, 0.4) is 0 Å². The lowest BCUT2D eigenvalue weighted by atomic mass is 9.88. The fourth-order valence-corrected chi connectivity index (χ4v) is 3.11. The van der Waals surface area contributed by atoms with Crippen LogP contribution in [-0.4, -0.2) is 24.6 Å². The molecule has 0 heterocycles. The first kappa shape index (κ1) is 12.1. The minimum Gasteiger partial charge on any atom is -0.466 e. The molecule has 0 aromatic rings. The quantitative estimate of drug-likeness (QED) is 0.552. The normalized spacial score (nSPS) is 34.4. The van der Waals surface area contributed by atoms with Gasteiger partial charge in [0.25, 0.3) is 0 Å². The lowest BCUT2D eigenvalue weighted by Gasteiger charge is -2.27. The van der Waals surface area contributed by atoms with E-state index in [1.807, 2.05) is 0 Å². The Hall–Kier alpha value is -1.32. The predicted octanol–water partition coefficient (Wildman–Crippen LogP) is 1.69. The van der Waals surface area contributed by atoms with Crippen LogP contribution < -0.4 is 0 Å². The van der Waals surface area contributed by atoms with Crippen molar-refractivity contribution in [2.24, 2.45) is 17.8 Å². The molecule has 0 aromatic carbocycles. The van der Waals surface area contributed by atoms with Gasteiger partial charge < -0.3 is 9.47 Å². The van der Waals surface area contributed by atoms with Crippen molar-refractivity contribution in [3.05, 3.63) is 12.7 Å². The Morgan fingerprint density at radius 1 is 1.29 bits per heavy atom. The summed E-state index contributed by atoms with van der Waals surface area (Å²) in [4.78, 5) is 21.9. The average Bonchev–Trinajstić information content (AvgIpc) is 2.85. The number of rotatable bonds is 4. The molecule has 4 heteroatoms. The maximum absolute atomic E-state index is 11.1. The van der Waals surface area contributed by atoms with E-state index in [1.54, 1.807) is 0 Å². The fourth-order valence-electron chi connectivity index (χ4n) is 3.11. The highest BCUT2D eigenvalue weighted by molar-refractivity contribution is 5.81. The topological polar surface area (TPSA) is 52.6 Å². The molecule has 2 fully saturated rings. The largest absolute Gasteiger partial charge is 0.466 e. The van der Waals surface area contributed by atoms with Crippen LogP contribution in [0.2, 0.25) is 0 Å². The number of carbonyl (C=O) groups is 2. The summed E-state index contributed by atoms with van der Waals surface area (Å²) >= 11 is 0. The van der Waals surface area contributed by atoms with Crippen LogP contribution in [-0.2, 0) is 19.1 Å². The van der Waals surface area contributed by atoms with Crippen LogP contribution in [0.5, 0.6) is 0 Å². The molecule has 0 aromatic heterocycles. The van der Waals surface area contributed by atoms with Crippen molar-refractivity contribution in [2.75, 3.05) is 6.61 Å². The molecule has 4 nitrogen and oxygen atoms in total. The zero-order chi connectivity index (χ0) is 12.4. The summed E-state index contributed by atoms with van der Waals surface area (Å²) in [5.74, 6) is 0.857. The molecule has 0 radical (unpaired) electrons. The van der Waals surface area contributed by atoms with Gasteiger partial charge in [-0.25, -0.2) is 4.79 Å². The van der Waals surface area contributed by atoms with E-state index < -0.39 is 0 Å². The maximum Gasteiger partial charge on any atom is 0.330 e. The highest BCUT2D eigenvalue weighted by Gasteiger charge is 2.47. The molecule has 2 rings (SSSR count). The van der Waals surface area contributed by atoms with E-state index in [2.05, 4.69) is 6.58 Å². The Morgan fingerprint density at radius 2 is 2.06 bits per heavy atom.